The zero-order chi connectivity index (χ0) is 17.9. The van der Waals surface area contributed by atoms with Crippen molar-refractivity contribution in [1.29, 1.82) is 0 Å². The van der Waals surface area contributed by atoms with Crippen molar-refractivity contribution >= 4 is 47.2 Å². The molecular formula is C16H29IN4O3S. The molecule has 0 aromatic carbocycles. The van der Waals surface area contributed by atoms with Crippen molar-refractivity contribution in [3.05, 3.63) is 15.6 Å². The highest BCUT2D eigenvalue weighted by atomic mass is 127. The molecule has 0 spiro atoms. The van der Waals surface area contributed by atoms with Gasteiger partial charge in [0.05, 0.1) is 18.3 Å². The maximum absolute atomic E-state index is 11.9. The molecule has 1 atom stereocenters. The number of nitrogens with zero attached hydrogens (tertiary/aromatic N) is 2. The fraction of sp³-hybridized carbons (Fsp3) is 0.688. The molecule has 1 aromatic heterocycles. The van der Waals surface area contributed by atoms with Crippen LogP contribution in [-0.4, -0.2) is 50.3 Å². The van der Waals surface area contributed by atoms with E-state index in [2.05, 4.69) is 20.6 Å². The van der Waals surface area contributed by atoms with Gasteiger partial charge >= 0.3 is 5.97 Å². The standard InChI is InChI=1S/C16H28N4O3S.HI/c1-6-22-10-8-9-18-16(17-5)20-12(4)14-19-11(3)13(24-14)15(21)23-7-2;/h12H,6-10H2,1-5H3,(H2,17,18,20);1H. The van der Waals surface area contributed by atoms with Gasteiger partial charge in [-0.1, -0.05) is 0 Å². The summed E-state index contributed by atoms with van der Waals surface area (Å²) in [5, 5.41) is 7.34. The van der Waals surface area contributed by atoms with Crippen molar-refractivity contribution in [2.75, 3.05) is 33.4 Å². The third-order valence-corrected chi connectivity index (χ3v) is 4.50. The summed E-state index contributed by atoms with van der Waals surface area (Å²) in [6.07, 6.45) is 0.909. The Morgan fingerprint density at radius 3 is 2.68 bits per heavy atom. The Hall–Kier alpha value is -0.940. The van der Waals surface area contributed by atoms with Crippen molar-refractivity contribution < 1.29 is 14.3 Å². The summed E-state index contributed by atoms with van der Waals surface area (Å²) in [7, 11) is 1.72. The van der Waals surface area contributed by atoms with E-state index in [1.165, 1.54) is 11.3 Å². The molecule has 0 bridgehead atoms. The molecule has 0 fully saturated rings. The van der Waals surface area contributed by atoms with Gasteiger partial charge in [-0.05, 0) is 34.1 Å². The summed E-state index contributed by atoms with van der Waals surface area (Å²) in [5.74, 6) is 0.383. The van der Waals surface area contributed by atoms with Crippen LogP contribution in [0.1, 0.15) is 53.6 Å². The molecule has 0 amide bonds. The monoisotopic (exact) mass is 484 g/mol. The van der Waals surface area contributed by atoms with Crippen molar-refractivity contribution in [1.82, 2.24) is 15.6 Å². The topological polar surface area (TPSA) is 84.8 Å². The van der Waals surface area contributed by atoms with E-state index >= 15 is 0 Å². The number of carbonyl (C=O) groups excluding carboxylic acids is 1. The number of carbonyl (C=O) groups is 1. The minimum atomic E-state index is -0.315. The second kappa shape index (κ2) is 13.3. The third kappa shape index (κ3) is 8.32. The van der Waals surface area contributed by atoms with Crippen molar-refractivity contribution in [3.63, 3.8) is 0 Å². The number of rotatable bonds is 9. The Kier molecular flexibility index (Phi) is 12.8. The van der Waals surface area contributed by atoms with Crippen LogP contribution < -0.4 is 10.6 Å². The first-order valence-electron chi connectivity index (χ1n) is 8.22. The minimum Gasteiger partial charge on any atom is -0.462 e. The molecule has 0 radical (unpaired) electrons. The average Bonchev–Trinajstić information content (AvgIpc) is 2.95. The fourth-order valence-electron chi connectivity index (χ4n) is 1.98. The summed E-state index contributed by atoms with van der Waals surface area (Å²) in [6, 6.07) is -0.0602. The van der Waals surface area contributed by atoms with E-state index < -0.39 is 0 Å². The quantitative estimate of drug-likeness (QED) is 0.184. The van der Waals surface area contributed by atoms with Gasteiger partial charge in [0.25, 0.3) is 0 Å². The van der Waals surface area contributed by atoms with Crippen LogP contribution in [0.4, 0.5) is 0 Å². The number of aliphatic imine (C=N–C) groups is 1. The summed E-state index contributed by atoms with van der Waals surface area (Å²) >= 11 is 1.35. The highest BCUT2D eigenvalue weighted by Gasteiger charge is 2.19. The minimum absolute atomic E-state index is 0. The van der Waals surface area contributed by atoms with Gasteiger partial charge in [-0.3, -0.25) is 4.99 Å². The second-order valence-corrected chi connectivity index (χ2v) is 6.13. The number of nitrogens with one attached hydrogen (secondary N) is 2. The molecule has 1 rings (SSSR count). The van der Waals surface area contributed by atoms with E-state index in [0.717, 1.165) is 31.2 Å². The first kappa shape index (κ1) is 24.1. The van der Waals surface area contributed by atoms with Crippen LogP contribution in [0.3, 0.4) is 0 Å². The van der Waals surface area contributed by atoms with Crippen molar-refractivity contribution in [3.8, 4) is 0 Å². The molecule has 9 heteroatoms. The van der Waals surface area contributed by atoms with E-state index in [9.17, 15) is 4.79 Å². The Labute approximate surface area is 171 Å². The summed E-state index contributed by atoms with van der Waals surface area (Å²) in [6.45, 7) is 10.2. The lowest BCUT2D eigenvalue weighted by Gasteiger charge is -2.16. The number of aryl methyl sites for hydroxylation is 1. The second-order valence-electron chi connectivity index (χ2n) is 5.10. The predicted molar refractivity (Wildman–Crippen MR) is 112 cm³/mol. The van der Waals surface area contributed by atoms with Crippen LogP contribution in [-0.2, 0) is 9.47 Å². The Morgan fingerprint density at radius 2 is 2.08 bits per heavy atom. The first-order valence-corrected chi connectivity index (χ1v) is 9.04. The first-order chi connectivity index (χ1) is 11.5. The smallest absolute Gasteiger partial charge is 0.350 e. The maximum Gasteiger partial charge on any atom is 0.350 e. The zero-order valence-corrected chi connectivity index (χ0v) is 18.7. The summed E-state index contributed by atoms with van der Waals surface area (Å²) in [4.78, 5) is 21.1. The maximum atomic E-state index is 11.9. The zero-order valence-electron chi connectivity index (χ0n) is 15.5. The van der Waals surface area contributed by atoms with E-state index in [1.807, 2.05) is 20.8 Å². The van der Waals surface area contributed by atoms with Gasteiger partial charge in [-0.25, -0.2) is 9.78 Å². The molecule has 1 unspecified atom stereocenters. The molecule has 0 aliphatic rings. The Bertz CT molecular complexity index is 551. The molecule has 25 heavy (non-hydrogen) atoms. The number of hydrogen-bond acceptors (Lipinski definition) is 6. The molecule has 144 valence electrons. The van der Waals surface area contributed by atoms with Crippen LogP contribution in [0.2, 0.25) is 0 Å². The largest absolute Gasteiger partial charge is 0.462 e. The van der Waals surface area contributed by atoms with E-state index in [-0.39, 0.29) is 36.0 Å². The number of halogens is 1. The summed E-state index contributed by atoms with van der Waals surface area (Å²) in [5.41, 5.74) is 0.696. The van der Waals surface area contributed by atoms with Gasteiger partial charge in [0.1, 0.15) is 9.88 Å². The average molecular weight is 484 g/mol. The van der Waals surface area contributed by atoms with Gasteiger partial charge in [-0.15, -0.1) is 35.3 Å². The van der Waals surface area contributed by atoms with Crippen LogP contribution in [0.15, 0.2) is 4.99 Å². The molecule has 2 N–H and O–H groups in total. The number of ether oxygens (including phenoxy) is 2. The number of guanidine groups is 1. The SMILES string of the molecule is CCOCCCNC(=NC)NC(C)c1nc(C)c(C(=O)OCC)s1.I. The number of aromatic nitrogens is 1. The highest BCUT2D eigenvalue weighted by Crippen LogP contribution is 2.24. The van der Waals surface area contributed by atoms with Crippen LogP contribution >= 0.6 is 35.3 Å². The molecule has 0 aliphatic carbocycles. The van der Waals surface area contributed by atoms with Crippen molar-refractivity contribution in [2.45, 2.75) is 40.2 Å². The normalized spacial score (nSPS) is 12.3. The van der Waals surface area contributed by atoms with Gasteiger partial charge in [0, 0.05) is 26.8 Å². The number of hydrogen-bond donors (Lipinski definition) is 2. The van der Waals surface area contributed by atoms with Crippen LogP contribution in [0, 0.1) is 6.92 Å². The number of esters is 1. The predicted octanol–water partition coefficient (Wildman–Crippen LogP) is 2.90. The van der Waals surface area contributed by atoms with Gasteiger partial charge in [-0.2, -0.15) is 0 Å². The lowest BCUT2D eigenvalue weighted by Crippen LogP contribution is -2.39. The number of thiazole rings is 1. The van der Waals surface area contributed by atoms with Gasteiger partial charge in [0.15, 0.2) is 5.96 Å². The molecule has 1 heterocycles. The van der Waals surface area contributed by atoms with Gasteiger partial charge < -0.3 is 20.1 Å². The molecule has 0 aliphatic heterocycles. The summed E-state index contributed by atoms with van der Waals surface area (Å²) < 4.78 is 10.4. The molecule has 1 aromatic rings. The third-order valence-electron chi connectivity index (χ3n) is 3.18. The van der Waals surface area contributed by atoms with Gasteiger partial charge in [0.2, 0.25) is 0 Å². The van der Waals surface area contributed by atoms with E-state index in [4.69, 9.17) is 9.47 Å². The fourth-order valence-corrected chi connectivity index (χ4v) is 2.94. The van der Waals surface area contributed by atoms with Crippen molar-refractivity contribution in [2.24, 2.45) is 4.99 Å². The Morgan fingerprint density at radius 1 is 1.36 bits per heavy atom. The van der Waals surface area contributed by atoms with Crippen LogP contribution in [0.5, 0.6) is 0 Å². The molecule has 7 nitrogen and oxygen atoms in total. The van der Waals surface area contributed by atoms with Crippen LogP contribution in [0.25, 0.3) is 0 Å². The lowest BCUT2D eigenvalue weighted by atomic mass is 10.3. The lowest BCUT2D eigenvalue weighted by molar-refractivity contribution is 0.0531. The molecule has 0 saturated carbocycles. The highest BCUT2D eigenvalue weighted by molar-refractivity contribution is 14.0. The van der Waals surface area contributed by atoms with E-state index in [1.54, 1.807) is 14.0 Å². The van der Waals surface area contributed by atoms with E-state index in [0.29, 0.717) is 23.1 Å². The molecular weight excluding hydrogens is 455 g/mol. The molecule has 0 saturated heterocycles. The Balaban J connectivity index is 0.00000576.